The van der Waals surface area contributed by atoms with Crippen LogP contribution in [0.1, 0.15) is 34.3 Å². The molecule has 2 fully saturated rings. The minimum Gasteiger partial charge on any atom is -0.395 e. The number of ether oxygens (including phenoxy) is 1. The number of benzene rings is 2. The molecule has 3 aliphatic rings. The van der Waals surface area contributed by atoms with Crippen LogP contribution in [0.2, 0.25) is 0 Å². The van der Waals surface area contributed by atoms with Crippen molar-refractivity contribution >= 4 is 29.9 Å². The van der Waals surface area contributed by atoms with Crippen LogP contribution < -0.4 is 10.7 Å². The molecule has 1 aromatic heterocycles. The molecule has 6 rings (SSSR count). The number of aromatic amines is 1. The lowest BCUT2D eigenvalue weighted by molar-refractivity contribution is 0.0207. The van der Waals surface area contributed by atoms with Gasteiger partial charge in [0.1, 0.15) is 5.69 Å². The topological polar surface area (TPSA) is 123 Å². The smallest absolute Gasteiger partial charge is 0.333 e. The molecular formula is C27H31ClN6O4. The molecule has 0 unspecified atom stereocenters. The Labute approximate surface area is 226 Å². The second-order valence-corrected chi connectivity index (χ2v) is 9.69. The molecule has 2 aromatic carbocycles. The van der Waals surface area contributed by atoms with Crippen LogP contribution in [0.4, 0.5) is 10.5 Å². The molecule has 0 radical (unpaired) electrons. The Morgan fingerprint density at radius 2 is 1.89 bits per heavy atom. The van der Waals surface area contributed by atoms with Crippen LogP contribution in [-0.4, -0.2) is 82.5 Å². The standard InChI is InChI=1S/C27H30N6O4.ClH/c34-16-19-3-2-10-32(19)15-17-6-8-18(9-7-17)24-23-25(30-29-24)20-4-1-5-21(22(20)26(23)35)28-27(36)31-33-11-13-37-14-12-33;/h1,4-9,19,34H,2-3,10-16H2,(H,29,30)(H2,28,31,36);1H/t19-;/m0./s1. The van der Waals surface area contributed by atoms with E-state index in [1.54, 1.807) is 11.1 Å². The van der Waals surface area contributed by atoms with Crippen molar-refractivity contribution < 1.29 is 19.4 Å². The maximum Gasteiger partial charge on any atom is 0.333 e. The van der Waals surface area contributed by atoms with Gasteiger partial charge in [0, 0.05) is 36.8 Å². The third kappa shape index (κ3) is 4.93. The Balaban J connectivity index is 0.00000294. The van der Waals surface area contributed by atoms with Gasteiger partial charge in [-0.15, -0.1) is 12.4 Å². The van der Waals surface area contributed by atoms with Crippen LogP contribution in [-0.2, 0) is 11.3 Å². The van der Waals surface area contributed by atoms with E-state index in [9.17, 15) is 14.7 Å². The number of morpholine rings is 1. The first-order valence-corrected chi connectivity index (χ1v) is 12.7. The first kappa shape index (κ1) is 26.3. The van der Waals surface area contributed by atoms with E-state index < -0.39 is 6.03 Å². The summed E-state index contributed by atoms with van der Waals surface area (Å²) in [6.07, 6.45) is 2.14. The van der Waals surface area contributed by atoms with Gasteiger partial charge >= 0.3 is 6.03 Å². The van der Waals surface area contributed by atoms with Gasteiger partial charge in [0.25, 0.3) is 0 Å². The van der Waals surface area contributed by atoms with Gasteiger partial charge in [-0.05, 0) is 31.0 Å². The van der Waals surface area contributed by atoms with Gasteiger partial charge in [0.05, 0.1) is 42.3 Å². The number of aromatic nitrogens is 2. The zero-order chi connectivity index (χ0) is 25.4. The van der Waals surface area contributed by atoms with Crippen molar-refractivity contribution in [3.8, 4) is 22.5 Å². The lowest BCUT2D eigenvalue weighted by Crippen LogP contribution is -2.49. The number of hydrazine groups is 1. The van der Waals surface area contributed by atoms with E-state index in [-0.39, 0.29) is 30.8 Å². The Bertz CT molecular complexity index is 1320. The number of carbonyl (C=O) groups excluding carboxylic acids is 2. The number of fused-ring (bicyclic) bond motifs is 3. The molecule has 0 spiro atoms. The third-order valence-corrected chi connectivity index (χ3v) is 7.40. The van der Waals surface area contributed by atoms with Crippen molar-refractivity contribution in [2.75, 3.05) is 44.8 Å². The molecule has 3 aromatic rings. The Kier molecular flexibility index (Phi) is 7.78. The third-order valence-electron chi connectivity index (χ3n) is 7.40. The van der Waals surface area contributed by atoms with E-state index >= 15 is 0 Å². The summed E-state index contributed by atoms with van der Waals surface area (Å²) in [5, 5.41) is 21.8. The number of ketones is 1. The predicted octanol–water partition coefficient (Wildman–Crippen LogP) is 3.04. The van der Waals surface area contributed by atoms with Gasteiger partial charge in [0.2, 0.25) is 0 Å². The first-order valence-electron chi connectivity index (χ1n) is 12.7. The fraction of sp³-hybridized carbons (Fsp3) is 0.370. The molecule has 38 heavy (non-hydrogen) atoms. The minimum absolute atomic E-state index is 0. The summed E-state index contributed by atoms with van der Waals surface area (Å²) in [6.45, 7) is 4.31. The molecule has 2 aliphatic heterocycles. The molecule has 1 atom stereocenters. The SMILES string of the molecule is Cl.O=C(Nc1cccc2c1C(=O)c1c(-c3ccc(CN4CCC[C@H]4CO)cc3)n[nH]c1-2)NN1CCOCC1. The van der Waals surface area contributed by atoms with Gasteiger partial charge in [-0.1, -0.05) is 36.4 Å². The largest absolute Gasteiger partial charge is 0.395 e. The lowest BCUT2D eigenvalue weighted by Gasteiger charge is -2.27. The molecule has 10 nitrogen and oxygen atoms in total. The maximum absolute atomic E-state index is 13.6. The molecule has 0 saturated carbocycles. The van der Waals surface area contributed by atoms with E-state index in [2.05, 4.69) is 38.0 Å². The Morgan fingerprint density at radius 3 is 2.66 bits per heavy atom. The average Bonchev–Trinajstić information content (AvgIpc) is 3.62. The van der Waals surface area contributed by atoms with Crippen molar-refractivity contribution in [3.63, 3.8) is 0 Å². The molecule has 4 N–H and O–H groups in total. The van der Waals surface area contributed by atoms with E-state index in [1.807, 2.05) is 24.3 Å². The minimum atomic E-state index is -0.394. The number of nitrogens with one attached hydrogen (secondary N) is 3. The number of anilines is 1. The number of aliphatic hydroxyl groups is 1. The number of hydrogen-bond acceptors (Lipinski definition) is 7. The Hall–Kier alpha value is -3.28. The van der Waals surface area contributed by atoms with Crippen LogP contribution in [0, 0.1) is 0 Å². The summed E-state index contributed by atoms with van der Waals surface area (Å²) in [7, 11) is 0. The number of H-pyrrole nitrogens is 1. The highest BCUT2D eigenvalue weighted by atomic mass is 35.5. The van der Waals surface area contributed by atoms with Gasteiger partial charge in [-0.3, -0.25) is 20.2 Å². The summed E-state index contributed by atoms with van der Waals surface area (Å²) in [5.41, 5.74) is 8.26. The van der Waals surface area contributed by atoms with Crippen molar-refractivity contribution in [2.45, 2.75) is 25.4 Å². The molecule has 0 bridgehead atoms. The van der Waals surface area contributed by atoms with Gasteiger partial charge < -0.3 is 15.2 Å². The summed E-state index contributed by atoms with van der Waals surface area (Å²) >= 11 is 0. The van der Waals surface area contributed by atoms with Gasteiger partial charge in [0.15, 0.2) is 5.78 Å². The van der Waals surface area contributed by atoms with Crippen molar-refractivity contribution in [1.29, 1.82) is 0 Å². The lowest BCUT2D eigenvalue weighted by atomic mass is 10.0. The molecular weight excluding hydrogens is 508 g/mol. The van der Waals surface area contributed by atoms with Crippen LogP contribution >= 0.6 is 12.4 Å². The fourth-order valence-corrected chi connectivity index (χ4v) is 5.48. The number of carbonyl (C=O) groups is 2. The second kappa shape index (κ2) is 11.2. The second-order valence-electron chi connectivity index (χ2n) is 9.69. The fourth-order valence-electron chi connectivity index (χ4n) is 5.48. The number of likely N-dealkylation sites (tertiary alicyclic amines) is 1. The number of halogens is 1. The van der Waals surface area contributed by atoms with E-state index in [0.717, 1.165) is 42.6 Å². The molecule has 11 heteroatoms. The predicted molar refractivity (Wildman–Crippen MR) is 145 cm³/mol. The van der Waals surface area contributed by atoms with E-state index in [1.165, 1.54) is 0 Å². The summed E-state index contributed by atoms with van der Waals surface area (Å²) in [5.74, 6) is -0.164. The average molecular weight is 539 g/mol. The highest BCUT2D eigenvalue weighted by Gasteiger charge is 2.35. The van der Waals surface area contributed by atoms with Crippen LogP contribution in [0.25, 0.3) is 22.5 Å². The van der Waals surface area contributed by atoms with Crippen LogP contribution in [0.5, 0.6) is 0 Å². The summed E-state index contributed by atoms with van der Waals surface area (Å²) < 4.78 is 5.32. The maximum atomic E-state index is 13.6. The molecule has 200 valence electrons. The molecule has 2 amide bonds. The van der Waals surface area contributed by atoms with Crippen LogP contribution in [0.3, 0.4) is 0 Å². The summed E-state index contributed by atoms with van der Waals surface area (Å²) in [4.78, 5) is 28.6. The van der Waals surface area contributed by atoms with E-state index in [4.69, 9.17) is 4.74 Å². The molecule has 2 saturated heterocycles. The monoisotopic (exact) mass is 538 g/mol. The highest BCUT2D eigenvalue weighted by molar-refractivity contribution is 6.26. The normalized spacial score (nSPS) is 19.1. The molecule has 1 aliphatic carbocycles. The summed E-state index contributed by atoms with van der Waals surface area (Å²) in [6, 6.07) is 13.3. The zero-order valence-corrected chi connectivity index (χ0v) is 21.7. The quantitative estimate of drug-likeness (QED) is 0.297. The van der Waals surface area contributed by atoms with Gasteiger partial charge in [-0.25, -0.2) is 9.80 Å². The first-order chi connectivity index (χ1) is 18.1. The van der Waals surface area contributed by atoms with Gasteiger partial charge in [-0.2, -0.15) is 5.10 Å². The van der Waals surface area contributed by atoms with Crippen LogP contribution in [0.15, 0.2) is 42.5 Å². The van der Waals surface area contributed by atoms with Crippen molar-refractivity contribution in [2.24, 2.45) is 0 Å². The Morgan fingerprint density at radius 1 is 1.11 bits per heavy atom. The van der Waals surface area contributed by atoms with Crippen molar-refractivity contribution in [1.82, 2.24) is 25.5 Å². The highest BCUT2D eigenvalue weighted by Crippen LogP contribution is 2.43. The number of urea groups is 1. The zero-order valence-electron chi connectivity index (χ0n) is 20.9. The van der Waals surface area contributed by atoms with Crippen molar-refractivity contribution in [3.05, 3.63) is 59.2 Å². The number of nitrogens with zero attached hydrogens (tertiary/aromatic N) is 3. The molecule has 3 heterocycles. The number of hydrogen-bond donors (Lipinski definition) is 4. The van der Waals surface area contributed by atoms with E-state index in [0.29, 0.717) is 54.5 Å². The number of amides is 2. The number of aliphatic hydroxyl groups excluding tert-OH is 1. The number of rotatable bonds is 6.